The molecule has 1 N–H and O–H groups in total. The molecule has 136 valence electrons. The summed E-state index contributed by atoms with van der Waals surface area (Å²) in [4.78, 5) is 12.7. The Labute approximate surface area is 148 Å². The summed E-state index contributed by atoms with van der Waals surface area (Å²) in [6.07, 6.45) is 1.31. The van der Waals surface area contributed by atoms with Gasteiger partial charge in [0.15, 0.2) is 0 Å². The second-order valence-electron chi connectivity index (χ2n) is 8.08. The number of benzene rings is 1. The predicted octanol–water partition coefficient (Wildman–Crippen LogP) is 4.74. The molecule has 0 amide bonds. The van der Waals surface area contributed by atoms with Crippen molar-refractivity contribution in [2.24, 2.45) is 0 Å². The standard InChI is InChI=1S/C20H34O3Si/c1-7-11-18(22)19(16(2)21)24(6,20(3,4)5)15-23-14-17-12-9-8-10-13-17/h8-10,12-13,16,19,21H,7,11,14-15H2,1-6H3/t16-,19+,24+/m0/s1. The molecular weight excluding hydrogens is 316 g/mol. The smallest absolute Gasteiger partial charge is 0.135 e. The van der Waals surface area contributed by atoms with Gasteiger partial charge in [-0.05, 0) is 23.9 Å². The first-order chi connectivity index (χ1) is 11.1. The number of ketones is 1. The SMILES string of the molecule is CCCC(=O)[C@@H]([C@H](C)O)[Si@@](C)(COCc1ccccc1)C(C)(C)C. The van der Waals surface area contributed by atoms with Crippen molar-refractivity contribution < 1.29 is 14.6 Å². The molecule has 0 radical (unpaired) electrons. The van der Waals surface area contributed by atoms with E-state index in [2.05, 4.69) is 27.3 Å². The van der Waals surface area contributed by atoms with Crippen LogP contribution >= 0.6 is 0 Å². The first-order valence-corrected chi connectivity index (χ1v) is 11.7. The van der Waals surface area contributed by atoms with Crippen LogP contribution in [-0.4, -0.2) is 31.3 Å². The van der Waals surface area contributed by atoms with Crippen molar-refractivity contribution >= 4 is 13.9 Å². The molecule has 1 aromatic carbocycles. The molecule has 0 bridgehead atoms. The van der Waals surface area contributed by atoms with E-state index in [1.54, 1.807) is 6.92 Å². The van der Waals surface area contributed by atoms with Crippen LogP contribution in [0.5, 0.6) is 0 Å². The molecule has 3 atom stereocenters. The first-order valence-electron chi connectivity index (χ1n) is 8.96. The van der Waals surface area contributed by atoms with Crippen molar-refractivity contribution in [2.45, 2.75) is 77.3 Å². The molecule has 0 saturated carbocycles. The predicted molar refractivity (Wildman–Crippen MR) is 103 cm³/mol. The third kappa shape index (κ3) is 5.26. The van der Waals surface area contributed by atoms with Crippen molar-refractivity contribution in [1.82, 2.24) is 0 Å². The van der Waals surface area contributed by atoms with Crippen molar-refractivity contribution in [2.75, 3.05) is 6.23 Å². The van der Waals surface area contributed by atoms with Gasteiger partial charge in [0.25, 0.3) is 0 Å². The monoisotopic (exact) mass is 350 g/mol. The molecular formula is C20H34O3Si. The van der Waals surface area contributed by atoms with Crippen LogP contribution < -0.4 is 0 Å². The van der Waals surface area contributed by atoms with Crippen LogP contribution in [0.15, 0.2) is 30.3 Å². The van der Waals surface area contributed by atoms with Gasteiger partial charge in [-0.3, -0.25) is 4.79 Å². The summed E-state index contributed by atoms with van der Waals surface area (Å²) in [5.41, 5.74) is 0.851. The van der Waals surface area contributed by atoms with Gasteiger partial charge in [-0.15, -0.1) is 0 Å². The normalized spacial score (nSPS) is 17.1. The Kier molecular flexibility index (Phi) is 7.84. The van der Waals surface area contributed by atoms with E-state index in [4.69, 9.17) is 4.74 Å². The minimum absolute atomic E-state index is 0.0330. The highest BCUT2D eigenvalue weighted by Crippen LogP contribution is 2.46. The minimum atomic E-state index is -2.22. The van der Waals surface area contributed by atoms with Crippen LogP contribution in [0.2, 0.25) is 17.1 Å². The average molecular weight is 351 g/mol. The highest BCUT2D eigenvalue weighted by molar-refractivity contribution is 6.85. The maximum atomic E-state index is 12.7. The number of aliphatic hydroxyl groups excluding tert-OH is 1. The number of ether oxygens (including phenoxy) is 1. The number of carbonyl (C=O) groups excluding carboxylic acids is 1. The molecule has 0 aliphatic carbocycles. The van der Waals surface area contributed by atoms with E-state index in [-0.39, 0.29) is 16.4 Å². The van der Waals surface area contributed by atoms with Crippen LogP contribution in [-0.2, 0) is 16.1 Å². The lowest BCUT2D eigenvalue weighted by molar-refractivity contribution is -0.121. The maximum absolute atomic E-state index is 12.7. The number of hydrogen-bond acceptors (Lipinski definition) is 3. The molecule has 0 unspecified atom stereocenters. The maximum Gasteiger partial charge on any atom is 0.135 e. The molecule has 0 aromatic heterocycles. The summed E-state index contributed by atoms with van der Waals surface area (Å²) in [5.74, 6) is 0.194. The van der Waals surface area contributed by atoms with E-state index in [9.17, 15) is 9.90 Å². The zero-order valence-corrected chi connectivity index (χ0v) is 17.1. The second kappa shape index (κ2) is 8.93. The van der Waals surface area contributed by atoms with Crippen LogP contribution in [0.4, 0.5) is 0 Å². The van der Waals surface area contributed by atoms with Crippen LogP contribution in [0.3, 0.4) is 0 Å². The average Bonchev–Trinajstić information content (AvgIpc) is 2.47. The Morgan fingerprint density at radius 2 is 1.83 bits per heavy atom. The molecule has 0 heterocycles. The van der Waals surface area contributed by atoms with Crippen LogP contribution in [0.25, 0.3) is 0 Å². The topological polar surface area (TPSA) is 46.5 Å². The molecule has 3 nitrogen and oxygen atoms in total. The Hall–Kier alpha value is -0.973. The third-order valence-electron chi connectivity index (χ3n) is 5.24. The molecule has 1 aromatic rings. The summed E-state index contributed by atoms with van der Waals surface area (Å²) in [6, 6.07) is 10.1. The molecule has 0 spiro atoms. The van der Waals surface area contributed by atoms with Crippen molar-refractivity contribution in [3.63, 3.8) is 0 Å². The highest BCUT2D eigenvalue weighted by atomic mass is 28.3. The van der Waals surface area contributed by atoms with Crippen molar-refractivity contribution in [3.8, 4) is 0 Å². The quantitative estimate of drug-likeness (QED) is 0.654. The Morgan fingerprint density at radius 3 is 2.29 bits per heavy atom. The Balaban J connectivity index is 2.97. The number of rotatable bonds is 9. The van der Waals surface area contributed by atoms with Crippen LogP contribution in [0.1, 0.15) is 53.0 Å². The summed E-state index contributed by atoms with van der Waals surface area (Å²) in [5, 5.41) is 10.3. The van der Waals surface area contributed by atoms with Gasteiger partial charge < -0.3 is 9.84 Å². The van der Waals surface area contributed by atoms with E-state index in [1.807, 2.05) is 37.3 Å². The fraction of sp³-hybridized carbons (Fsp3) is 0.650. The van der Waals surface area contributed by atoms with Gasteiger partial charge in [0.2, 0.25) is 0 Å². The Bertz CT molecular complexity index is 507. The van der Waals surface area contributed by atoms with Gasteiger partial charge in [0.1, 0.15) is 5.78 Å². The number of carbonyl (C=O) groups is 1. The molecule has 24 heavy (non-hydrogen) atoms. The van der Waals surface area contributed by atoms with Gasteiger partial charge in [0, 0.05) is 18.2 Å². The molecule has 0 saturated heterocycles. The van der Waals surface area contributed by atoms with E-state index >= 15 is 0 Å². The Morgan fingerprint density at radius 1 is 1.25 bits per heavy atom. The van der Waals surface area contributed by atoms with E-state index in [1.165, 1.54) is 0 Å². The zero-order valence-electron chi connectivity index (χ0n) is 16.1. The van der Waals surface area contributed by atoms with Gasteiger partial charge in [-0.25, -0.2) is 0 Å². The first kappa shape index (κ1) is 21.1. The lowest BCUT2D eigenvalue weighted by atomic mass is 10.1. The fourth-order valence-corrected chi connectivity index (χ4v) is 7.28. The number of hydrogen-bond donors (Lipinski definition) is 1. The molecule has 0 aliphatic rings. The van der Waals surface area contributed by atoms with Crippen LogP contribution in [0, 0.1) is 0 Å². The lowest BCUT2D eigenvalue weighted by Gasteiger charge is -2.46. The van der Waals surface area contributed by atoms with Gasteiger partial charge in [0.05, 0.1) is 20.8 Å². The zero-order chi connectivity index (χ0) is 18.4. The summed E-state index contributed by atoms with van der Waals surface area (Å²) < 4.78 is 6.07. The summed E-state index contributed by atoms with van der Waals surface area (Å²) >= 11 is 0. The largest absolute Gasteiger partial charge is 0.393 e. The second-order valence-corrected chi connectivity index (χ2v) is 13.3. The third-order valence-corrected chi connectivity index (χ3v) is 11.6. The van der Waals surface area contributed by atoms with E-state index < -0.39 is 14.2 Å². The van der Waals surface area contributed by atoms with Gasteiger partial charge in [-0.2, -0.15) is 0 Å². The van der Waals surface area contributed by atoms with Gasteiger partial charge in [-0.1, -0.05) is 64.6 Å². The molecule has 0 fully saturated rings. The van der Waals surface area contributed by atoms with E-state index in [0.717, 1.165) is 12.0 Å². The number of aliphatic hydroxyl groups is 1. The minimum Gasteiger partial charge on any atom is -0.393 e. The summed E-state index contributed by atoms with van der Waals surface area (Å²) in [7, 11) is -2.22. The summed E-state index contributed by atoms with van der Waals surface area (Å²) in [6.45, 7) is 13.1. The van der Waals surface area contributed by atoms with Crippen molar-refractivity contribution in [3.05, 3.63) is 35.9 Å². The highest BCUT2D eigenvalue weighted by Gasteiger charge is 2.51. The molecule has 0 aliphatic heterocycles. The van der Waals surface area contributed by atoms with E-state index in [0.29, 0.717) is 19.3 Å². The lowest BCUT2D eigenvalue weighted by Crippen LogP contribution is -2.55. The van der Waals surface area contributed by atoms with Gasteiger partial charge >= 0.3 is 0 Å². The number of Topliss-reactive ketones (excluding diaryl/α,β-unsaturated/α-hetero) is 1. The molecule has 1 rings (SSSR count). The van der Waals surface area contributed by atoms with Crippen molar-refractivity contribution in [1.29, 1.82) is 0 Å². The molecule has 4 heteroatoms. The fourth-order valence-electron chi connectivity index (χ4n) is 3.29.